The molecule has 84 valence electrons. The van der Waals surface area contributed by atoms with E-state index in [-0.39, 0.29) is 12.1 Å². The highest BCUT2D eigenvalue weighted by Gasteiger charge is 2.19. The molecule has 1 rings (SSSR count). The van der Waals surface area contributed by atoms with Crippen molar-refractivity contribution in [1.82, 2.24) is 14.8 Å². The van der Waals surface area contributed by atoms with Crippen molar-refractivity contribution in [3.8, 4) is 0 Å². The van der Waals surface area contributed by atoms with Crippen molar-refractivity contribution in [2.45, 2.75) is 26.4 Å². The predicted molar refractivity (Wildman–Crippen MR) is 61.9 cm³/mol. The molecule has 0 spiro atoms. The van der Waals surface area contributed by atoms with Gasteiger partial charge >= 0.3 is 6.03 Å². The predicted octanol–water partition coefficient (Wildman–Crippen LogP) is 2.04. The summed E-state index contributed by atoms with van der Waals surface area (Å²) in [6.45, 7) is 4.61. The molecule has 1 aromatic heterocycles. The van der Waals surface area contributed by atoms with Crippen LogP contribution in [0.1, 0.15) is 18.9 Å². The summed E-state index contributed by atoms with van der Waals surface area (Å²) in [5.74, 6) is 0. The quantitative estimate of drug-likeness (QED) is 0.792. The van der Waals surface area contributed by atoms with Crippen LogP contribution in [-0.2, 0) is 6.54 Å². The van der Waals surface area contributed by atoms with E-state index in [9.17, 15) is 4.79 Å². The normalized spacial score (nSPS) is 10.5. The third kappa shape index (κ3) is 3.20. The summed E-state index contributed by atoms with van der Waals surface area (Å²) in [5.41, 5.74) is 0. The molecule has 1 heterocycles. The summed E-state index contributed by atoms with van der Waals surface area (Å²) in [6.07, 6.45) is 1.76. The maximum Gasteiger partial charge on any atom is 0.320 e. The first kappa shape index (κ1) is 12.0. The largest absolute Gasteiger partial charge is 0.331 e. The minimum Gasteiger partial charge on any atom is -0.331 e. The van der Waals surface area contributed by atoms with Gasteiger partial charge in [0, 0.05) is 31.7 Å². The van der Waals surface area contributed by atoms with Gasteiger partial charge in [0.25, 0.3) is 0 Å². The van der Waals surface area contributed by atoms with Crippen molar-refractivity contribution >= 4 is 17.4 Å². The lowest BCUT2D eigenvalue weighted by Gasteiger charge is -2.28. The van der Waals surface area contributed by atoms with Gasteiger partial charge in [0.2, 0.25) is 0 Å². The molecular formula is C10H17N3OS. The van der Waals surface area contributed by atoms with Crippen LogP contribution in [0.4, 0.5) is 4.79 Å². The van der Waals surface area contributed by atoms with Crippen LogP contribution < -0.4 is 0 Å². The minimum atomic E-state index is 0.0280. The molecule has 0 unspecified atom stereocenters. The summed E-state index contributed by atoms with van der Waals surface area (Å²) in [5, 5.41) is 2.90. The first-order valence-corrected chi connectivity index (χ1v) is 5.76. The van der Waals surface area contributed by atoms with Crippen LogP contribution in [0.15, 0.2) is 11.6 Å². The summed E-state index contributed by atoms with van der Waals surface area (Å²) >= 11 is 1.57. The Balaban J connectivity index is 2.71. The molecule has 0 N–H and O–H groups in total. The van der Waals surface area contributed by atoms with Gasteiger partial charge in [-0.1, -0.05) is 0 Å². The van der Waals surface area contributed by atoms with Gasteiger partial charge in [0.05, 0.1) is 6.54 Å². The number of carbonyl (C=O) groups is 1. The second kappa shape index (κ2) is 5.11. The second-order valence-corrected chi connectivity index (χ2v) is 4.80. The van der Waals surface area contributed by atoms with Crippen LogP contribution in [-0.4, -0.2) is 41.0 Å². The summed E-state index contributed by atoms with van der Waals surface area (Å²) in [7, 11) is 3.53. The van der Waals surface area contributed by atoms with Gasteiger partial charge in [-0.25, -0.2) is 9.78 Å². The van der Waals surface area contributed by atoms with Gasteiger partial charge in [0.15, 0.2) is 0 Å². The van der Waals surface area contributed by atoms with E-state index in [4.69, 9.17) is 0 Å². The van der Waals surface area contributed by atoms with Crippen molar-refractivity contribution in [3.63, 3.8) is 0 Å². The van der Waals surface area contributed by atoms with Crippen molar-refractivity contribution in [2.75, 3.05) is 14.1 Å². The van der Waals surface area contributed by atoms with Crippen LogP contribution in [0, 0.1) is 0 Å². The van der Waals surface area contributed by atoms with Crippen LogP contribution in [0.3, 0.4) is 0 Å². The van der Waals surface area contributed by atoms with Crippen molar-refractivity contribution < 1.29 is 4.79 Å². The van der Waals surface area contributed by atoms with E-state index in [2.05, 4.69) is 4.98 Å². The molecule has 15 heavy (non-hydrogen) atoms. The summed E-state index contributed by atoms with van der Waals surface area (Å²) in [6, 6.07) is 0.212. The van der Waals surface area contributed by atoms with E-state index in [1.807, 2.05) is 19.2 Å². The van der Waals surface area contributed by atoms with Gasteiger partial charge < -0.3 is 9.80 Å². The lowest BCUT2D eigenvalue weighted by atomic mass is 10.3. The fourth-order valence-corrected chi connectivity index (χ4v) is 1.82. The van der Waals surface area contributed by atoms with Crippen molar-refractivity contribution in [1.29, 1.82) is 0 Å². The number of rotatable bonds is 3. The Morgan fingerprint density at radius 2 is 2.20 bits per heavy atom. The number of aromatic nitrogens is 1. The molecular weight excluding hydrogens is 210 g/mol. The molecule has 0 aliphatic heterocycles. The number of urea groups is 1. The second-order valence-electron chi connectivity index (χ2n) is 3.82. The number of nitrogens with zero attached hydrogens (tertiary/aromatic N) is 3. The third-order valence-corrected chi connectivity index (χ3v) is 2.81. The monoisotopic (exact) mass is 227 g/mol. The number of amides is 2. The Hall–Kier alpha value is -1.10. The number of thiazole rings is 1. The summed E-state index contributed by atoms with van der Waals surface area (Å²) < 4.78 is 0. The molecule has 0 aliphatic rings. The standard InChI is InChI=1S/C10H17N3OS/c1-8(2)13(10(14)12(3)4)7-9-11-5-6-15-9/h5-6,8H,7H2,1-4H3. The zero-order valence-corrected chi connectivity index (χ0v) is 10.4. The lowest BCUT2D eigenvalue weighted by Crippen LogP contribution is -2.42. The molecule has 0 fully saturated rings. The SMILES string of the molecule is CC(C)N(Cc1nccs1)C(=O)N(C)C. The molecule has 2 amide bonds. The average Bonchev–Trinajstić information content (AvgIpc) is 2.64. The highest BCUT2D eigenvalue weighted by Crippen LogP contribution is 2.12. The fourth-order valence-electron chi connectivity index (χ4n) is 1.20. The highest BCUT2D eigenvalue weighted by molar-refractivity contribution is 7.09. The van der Waals surface area contributed by atoms with Crippen LogP contribution in [0.5, 0.6) is 0 Å². The molecule has 0 atom stereocenters. The first-order valence-electron chi connectivity index (χ1n) is 4.88. The third-order valence-electron chi connectivity index (χ3n) is 2.04. The maximum atomic E-state index is 11.8. The van der Waals surface area contributed by atoms with Crippen molar-refractivity contribution in [2.24, 2.45) is 0 Å². The zero-order chi connectivity index (χ0) is 11.4. The fraction of sp³-hybridized carbons (Fsp3) is 0.600. The maximum absolute atomic E-state index is 11.8. The van der Waals surface area contributed by atoms with Gasteiger partial charge in [-0.3, -0.25) is 0 Å². The Labute approximate surface area is 94.5 Å². The van der Waals surface area contributed by atoms with E-state index in [1.165, 1.54) is 0 Å². The highest BCUT2D eigenvalue weighted by atomic mass is 32.1. The number of hydrogen-bond acceptors (Lipinski definition) is 3. The molecule has 0 saturated heterocycles. The van der Waals surface area contributed by atoms with E-state index >= 15 is 0 Å². The van der Waals surface area contributed by atoms with E-state index in [0.717, 1.165) is 5.01 Å². The number of hydrogen-bond donors (Lipinski definition) is 0. The molecule has 0 saturated carbocycles. The molecule has 0 aliphatic carbocycles. The van der Waals surface area contributed by atoms with Crippen LogP contribution in [0.25, 0.3) is 0 Å². The Morgan fingerprint density at radius 3 is 2.60 bits per heavy atom. The molecule has 0 bridgehead atoms. The first-order chi connectivity index (χ1) is 7.02. The Kier molecular flexibility index (Phi) is 4.08. The topological polar surface area (TPSA) is 36.4 Å². The van der Waals surface area contributed by atoms with Gasteiger partial charge in [-0.2, -0.15) is 0 Å². The van der Waals surface area contributed by atoms with E-state index in [0.29, 0.717) is 6.54 Å². The zero-order valence-electron chi connectivity index (χ0n) is 9.60. The van der Waals surface area contributed by atoms with Gasteiger partial charge in [-0.05, 0) is 13.8 Å². The van der Waals surface area contributed by atoms with Gasteiger partial charge in [-0.15, -0.1) is 11.3 Å². The molecule has 0 aromatic carbocycles. The molecule has 5 heteroatoms. The Bertz CT molecular complexity index is 308. The number of carbonyl (C=O) groups excluding carboxylic acids is 1. The lowest BCUT2D eigenvalue weighted by molar-refractivity contribution is 0.153. The Morgan fingerprint density at radius 1 is 1.53 bits per heavy atom. The van der Waals surface area contributed by atoms with Crippen LogP contribution in [0.2, 0.25) is 0 Å². The van der Waals surface area contributed by atoms with E-state index in [1.54, 1.807) is 41.4 Å². The van der Waals surface area contributed by atoms with Crippen molar-refractivity contribution in [3.05, 3.63) is 16.6 Å². The minimum absolute atomic E-state index is 0.0280. The average molecular weight is 227 g/mol. The van der Waals surface area contributed by atoms with E-state index < -0.39 is 0 Å². The molecule has 0 radical (unpaired) electrons. The molecule has 1 aromatic rings. The van der Waals surface area contributed by atoms with Crippen LogP contribution >= 0.6 is 11.3 Å². The summed E-state index contributed by atoms with van der Waals surface area (Å²) in [4.78, 5) is 19.4. The smallest absolute Gasteiger partial charge is 0.320 e. The van der Waals surface area contributed by atoms with Gasteiger partial charge in [0.1, 0.15) is 5.01 Å². The molecule has 4 nitrogen and oxygen atoms in total.